The van der Waals surface area contributed by atoms with Gasteiger partial charge in [-0.05, 0) is 19.4 Å². The van der Waals surface area contributed by atoms with Crippen LogP contribution in [0.25, 0.3) is 0 Å². The topological polar surface area (TPSA) is 61.8 Å². The van der Waals surface area contributed by atoms with Crippen molar-refractivity contribution in [2.24, 2.45) is 0 Å². The Hall–Kier alpha value is -0.650. The van der Waals surface area contributed by atoms with Crippen LogP contribution in [-0.4, -0.2) is 60.9 Å². The number of hydrogen-bond acceptors (Lipinski definition) is 4. The van der Waals surface area contributed by atoms with Gasteiger partial charge in [-0.25, -0.2) is 0 Å². The highest BCUT2D eigenvalue weighted by Gasteiger charge is 2.37. The monoisotopic (exact) mass is 214 g/mol. The Morgan fingerprint density at radius 3 is 2.87 bits per heavy atom. The molecule has 0 aromatic rings. The van der Waals surface area contributed by atoms with Crippen molar-refractivity contribution in [1.29, 1.82) is 0 Å². The van der Waals surface area contributed by atoms with Gasteiger partial charge < -0.3 is 20.1 Å². The quantitative estimate of drug-likeness (QED) is 0.616. The van der Waals surface area contributed by atoms with Crippen LogP contribution >= 0.6 is 0 Å². The highest BCUT2D eigenvalue weighted by atomic mass is 16.5. The maximum Gasteiger partial charge on any atom is 0.239 e. The van der Waals surface area contributed by atoms with E-state index in [0.717, 1.165) is 19.4 Å². The number of nitrogens with zero attached hydrogens (tertiary/aromatic N) is 1. The fraction of sp³-hybridized carbons (Fsp3) is 0.900. The summed E-state index contributed by atoms with van der Waals surface area (Å²) in [5.74, 6) is 0.103. The molecule has 0 bridgehead atoms. The van der Waals surface area contributed by atoms with Gasteiger partial charge in [-0.2, -0.15) is 0 Å². The molecule has 0 radical (unpaired) electrons. The van der Waals surface area contributed by atoms with Crippen LogP contribution in [0.15, 0.2) is 0 Å². The lowest BCUT2D eigenvalue weighted by atomic mass is 10.2. The molecule has 0 spiro atoms. The van der Waals surface area contributed by atoms with Crippen molar-refractivity contribution in [3.05, 3.63) is 0 Å². The number of aliphatic hydroxyl groups excluding tert-OH is 1. The average molecular weight is 214 g/mol. The van der Waals surface area contributed by atoms with Gasteiger partial charge in [0.05, 0.1) is 12.1 Å². The molecule has 5 heteroatoms. The van der Waals surface area contributed by atoms with E-state index < -0.39 is 6.10 Å². The summed E-state index contributed by atoms with van der Waals surface area (Å²) in [6.45, 7) is 1.82. The van der Waals surface area contributed by atoms with E-state index in [1.807, 2.05) is 0 Å². The van der Waals surface area contributed by atoms with Crippen LogP contribution in [0.5, 0.6) is 0 Å². The molecule has 2 heterocycles. The number of amides is 1. The lowest BCUT2D eigenvalue weighted by molar-refractivity contribution is -0.132. The molecule has 86 valence electrons. The zero-order chi connectivity index (χ0) is 10.8. The van der Waals surface area contributed by atoms with Gasteiger partial charge in [0.25, 0.3) is 0 Å². The number of methoxy groups -OCH3 is 1. The van der Waals surface area contributed by atoms with E-state index in [0.29, 0.717) is 13.1 Å². The fourth-order valence-electron chi connectivity index (χ4n) is 2.28. The highest BCUT2D eigenvalue weighted by molar-refractivity contribution is 5.82. The molecular formula is C10H18N2O3. The van der Waals surface area contributed by atoms with Crippen LogP contribution in [0.3, 0.4) is 0 Å². The number of likely N-dealkylation sites (tertiary alicyclic amines) is 1. The summed E-state index contributed by atoms with van der Waals surface area (Å²) in [5, 5.41) is 12.8. The van der Waals surface area contributed by atoms with Crippen molar-refractivity contribution in [3.8, 4) is 0 Å². The molecule has 2 aliphatic heterocycles. The highest BCUT2D eigenvalue weighted by Crippen LogP contribution is 2.16. The maximum absolute atomic E-state index is 12.0. The smallest absolute Gasteiger partial charge is 0.239 e. The Balaban J connectivity index is 1.91. The van der Waals surface area contributed by atoms with Crippen LogP contribution in [-0.2, 0) is 9.53 Å². The van der Waals surface area contributed by atoms with E-state index in [-0.39, 0.29) is 18.1 Å². The summed E-state index contributed by atoms with van der Waals surface area (Å²) >= 11 is 0. The Morgan fingerprint density at radius 1 is 1.53 bits per heavy atom. The summed E-state index contributed by atoms with van der Waals surface area (Å²) in [6, 6.07) is -0.0483. The Bertz CT molecular complexity index is 241. The molecular weight excluding hydrogens is 196 g/mol. The summed E-state index contributed by atoms with van der Waals surface area (Å²) in [5.41, 5.74) is 0. The molecule has 0 saturated carbocycles. The molecule has 3 atom stereocenters. The van der Waals surface area contributed by atoms with Gasteiger partial charge >= 0.3 is 0 Å². The first-order chi connectivity index (χ1) is 7.22. The van der Waals surface area contributed by atoms with Crippen LogP contribution in [0.1, 0.15) is 12.8 Å². The largest absolute Gasteiger partial charge is 0.388 e. The van der Waals surface area contributed by atoms with Crippen molar-refractivity contribution < 1.29 is 14.6 Å². The summed E-state index contributed by atoms with van der Waals surface area (Å²) < 4.78 is 5.10. The van der Waals surface area contributed by atoms with E-state index in [1.165, 1.54) is 0 Å². The van der Waals surface area contributed by atoms with Gasteiger partial charge in [0, 0.05) is 20.2 Å². The number of β-amino-alcohol motifs (C(OH)–C–C–N with tert-alkyl or cyclic N) is 1. The Labute approximate surface area is 89.4 Å². The molecule has 1 amide bonds. The van der Waals surface area contributed by atoms with Crippen LogP contribution < -0.4 is 5.32 Å². The molecule has 2 N–H and O–H groups in total. The van der Waals surface area contributed by atoms with Crippen molar-refractivity contribution in [2.75, 3.05) is 26.7 Å². The van der Waals surface area contributed by atoms with E-state index in [9.17, 15) is 9.90 Å². The molecule has 0 aromatic heterocycles. The average Bonchev–Trinajstić information content (AvgIpc) is 2.85. The lowest BCUT2D eigenvalue weighted by Gasteiger charge is -2.19. The zero-order valence-corrected chi connectivity index (χ0v) is 8.98. The lowest BCUT2D eigenvalue weighted by Crippen LogP contribution is -2.43. The normalized spacial score (nSPS) is 36.1. The Kier molecular flexibility index (Phi) is 3.23. The van der Waals surface area contributed by atoms with Crippen LogP contribution in [0.2, 0.25) is 0 Å². The number of hydrogen-bond donors (Lipinski definition) is 2. The van der Waals surface area contributed by atoms with Gasteiger partial charge in [0.1, 0.15) is 6.10 Å². The number of aliphatic hydroxyl groups is 1. The minimum absolute atomic E-state index is 0.0483. The van der Waals surface area contributed by atoms with Gasteiger partial charge in [0.15, 0.2) is 0 Å². The van der Waals surface area contributed by atoms with E-state index in [1.54, 1.807) is 12.0 Å². The number of nitrogens with one attached hydrogen (secondary N) is 1. The maximum atomic E-state index is 12.0. The third-order valence-electron chi connectivity index (χ3n) is 3.21. The molecule has 2 saturated heterocycles. The summed E-state index contributed by atoms with van der Waals surface area (Å²) in [4.78, 5) is 13.6. The van der Waals surface area contributed by atoms with E-state index >= 15 is 0 Å². The first kappa shape index (κ1) is 10.9. The molecule has 0 aromatic carbocycles. The minimum atomic E-state index is -0.541. The molecule has 2 aliphatic rings. The van der Waals surface area contributed by atoms with E-state index in [4.69, 9.17) is 4.74 Å². The molecule has 2 rings (SSSR count). The first-order valence-corrected chi connectivity index (χ1v) is 5.45. The van der Waals surface area contributed by atoms with Crippen LogP contribution in [0, 0.1) is 0 Å². The zero-order valence-electron chi connectivity index (χ0n) is 8.98. The van der Waals surface area contributed by atoms with Gasteiger partial charge in [-0.15, -0.1) is 0 Å². The standard InChI is InChI=1S/C10H18N2O3/c1-15-9-6-12(5-8(9)13)10(14)7-3-2-4-11-7/h7-9,11,13H,2-6H2,1H3/t7-,8-,9+/m0/s1. The summed E-state index contributed by atoms with van der Waals surface area (Å²) in [6.07, 6.45) is 1.19. The van der Waals surface area contributed by atoms with Gasteiger partial charge in [-0.3, -0.25) is 4.79 Å². The first-order valence-electron chi connectivity index (χ1n) is 5.45. The molecule has 5 nitrogen and oxygen atoms in total. The van der Waals surface area contributed by atoms with Crippen LogP contribution in [0.4, 0.5) is 0 Å². The molecule has 2 fully saturated rings. The predicted octanol–water partition coefficient (Wildman–Crippen LogP) is -1.04. The Morgan fingerprint density at radius 2 is 2.33 bits per heavy atom. The van der Waals surface area contributed by atoms with Gasteiger partial charge in [0.2, 0.25) is 5.91 Å². The number of carbonyl (C=O) groups is 1. The molecule has 0 unspecified atom stereocenters. The van der Waals surface area contributed by atoms with Gasteiger partial charge in [-0.1, -0.05) is 0 Å². The SMILES string of the molecule is CO[C@@H]1CN(C(=O)[C@@H]2CCCN2)C[C@@H]1O. The number of rotatable bonds is 2. The minimum Gasteiger partial charge on any atom is -0.388 e. The predicted molar refractivity (Wildman–Crippen MR) is 54.4 cm³/mol. The van der Waals surface area contributed by atoms with E-state index in [2.05, 4.69) is 5.32 Å². The summed E-state index contributed by atoms with van der Waals surface area (Å²) in [7, 11) is 1.57. The number of ether oxygens (including phenoxy) is 1. The molecule has 15 heavy (non-hydrogen) atoms. The van der Waals surface area contributed by atoms with Crippen molar-refractivity contribution in [3.63, 3.8) is 0 Å². The second-order valence-electron chi connectivity index (χ2n) is 4.23. The van der Waals surface area contributed by atoms with Crippen molar-refractivity contribution in [1.82, 2.24) is 10.2 Å². The number of carbonyl (C=O) groups excluding carboxylic acids is 1. The second kappa shape index (κ2) is 4.47. The van der Waals surface area contributed by atoms with Crippen molar-refractivity contribution in [2.45, 2.75) is 31.1 Å². The third kappa shape index (κ3) is 2.14. The fourth-order valence-corrected chi connectivity index (χ4v) is 2.28. The second-order valence-corrected chi connectivity index (χ2v) is 4.23. The molecule has 0 aliphatic carbocycles. The third-order valence-corrected chi connectivity index (χ3v) is 3.21. The van der Waals surface area contributed by atoms with Crippen molar-refractivity contribution >= 4 is 5.91 Å².